The smallest absolute Gasteiger partial charge is 0.309 e. The lowest BCUT2D eigenvalue weighted by Gasteiger charge is -2.33. The number of thiophene rings is 1. The second kappa shape index (κ2) is 8.39. The summed E-state index contributed by atoms with van der Waals surface area (Å²) < 4.78 is 5.89. The van der Waals surface area contributed by atoms with Crippen LogP contribution in [0.5, 0.6) is 0 Å². The predicted molar refractivity (Wildman–Crippen MR) is 90.5 cm³/mol. The molecule has 7 heteroatoms. The highest BCUT2D eigenvalue weighted by molar-refractivity contribution is 7.16. The maximum Gasteiger partial charge on any atom is 0.309 e. The van der Waals surface area contributed by atoms with Gasteiger partial charge in [-0.2, -0.15) is 0 Å². The molecule has 1 saturated heterocycles. The molecule has 0 bridgehead atoms. The van der Waals surface area contributed by atoms with E-state index in [1.54, 1.807) is 18.4 Å². The third-order valence-electron chi connectivity index (χ3n) is 3.68. The molecule has 1 aromatic rings. The number of aliphatic imine (C=N–C) groups is 1. The van der Waals surface area contributed by atoms with Gasteiger partial charge in [-0.15, -0.1) is 11.3 Å². The Morgan fingerprint density at radius 2 is 2.23 bits per heavy atom. The number of guanidine groups is 1. The zero-order valence-corrected chi connectivity index (χ0v) is 14.5. The summed E-state index contributed by atoms with van der Waals surface area (Å²) in [7, 11) is 1.78. The summed E-state index contributed by atoms with van der Waals surface area (Å²) in [5.41, 5.74) is 0. The molecule has 2 rings (SSSR count). The second-order valence-electron chi connectivity index (χ2n) is 5.12. The number of likely N-dealkylation sites (tertiary alicyclic amines) is 1. The molecule has 0 aliphatic carbocycles. The van der Waals surface area contributed by atoms with Gasteiger partial charge in [-0.25, -0.2) is 0 Å². The quantitative estimate of drug-likeness (QED) is 0.519. The van der Waals surface area contributed by atoms with Gasteiger partial charge in [0.25, 0.3) is 0 Å². The lowest BCUT2D eigenvalue weighted by atomic mass is 9.97. The zero-order valence-electron chi connectivity index (χ0n) is 13.0. The van der Waals surface area contributed by atoms with E-state index in [0.29, 0.717) is 13.2 Å². The minimum Gasteiger partial charge on any atom is -0.466 e. The Morgan fingerprint density at radius 1 is 1.50 bits per heavy atom. The van der Waals surface area contributed by atoms with Crippen molar-refractivity contribution in [2.24, 2.45) is 10.9 Å². The van der Waals surface area contributed by atoms with Crippen molar-refractivity contribution in [3.05, 3.63) is 21.3 Å². The molecule has 122 valence electrons. The summed E-state index contributed by atoms with van der Waals surface area (Å²) in [4.78, 5) is 19.4. The minimum absolute atomic E-state index is 0.0189. The maximum absolute atomic E-state index is 11.8. The number of carbonyl (C=O) groups is 1. The van der Waals surface area contributed by atoms with Gasteiger partial charge in [0.2, 0.25) is 0 Å². The molecule has 1 aromatic heterocycles. The van der Waals surface area contributed by atoms with Crippen molar-refractivity contribution in [2.75, 3.05) is 26.7 Å². The first-order valence-corrected chi connectivity index (χ1v) is 8.70. The molecule has 0 radical (unpaired) electrons. The summed E-state index contributed by atoms with van der Waals surface area (Å²) >= 11 is 7.50. The molecule has 1 aliphatic heterocycles. The molecule has 0 saturated carbocycles. The van der Waals surface area contributed by atoms with E-state index in [4.69, 9.17) is 16.3 Å². The van der Waals surface area contributed by atoms with E-state index in [9.17, 15) is 4.79 Å². The van der Waals surface area contributed by atoms with Gasteiger partial charge < -0.3 is 15.0 Å². The highest BCUT2D eigenvalue weighted by Crippen LogP contribution is 2.22. The van der Waals surface area contributed by atoms with Crippen LogP contribution in [0.4, 0.5) is 0 Å². The van der Waals surface area contributed by atoms with Crippen molar-refractivity contribution >= 4 is 34.9 Å². The Hall–Kier alpha value is -1.27. The number of hydrogen-bond donors (Lipinski definition) is 1. The van der Waals surface area contributed by atoms with Crippen LogP contribution in [0.2, 0.25) is 4.34 Å². The monoisotopic (exact) mass is 343 g/mol. The summed E-state index contributed by atoms with van der Waals surface area (Å²) in [6, 6.07) is 3.91. The Bertz CT molecular complexity index is 525. The summed E-state index contributed by atoms with van der Waals surface area (Å²) in [6.45, 7) is 4.63. The van der Waals surface area contributed by atoms with Gasteiger partial charge in [-0.3, -0.25) is 9.79 Å². The van der Waals surface area contributed by atoms with E-state index in [-0.39, 0.29) is 11.9 Å². The first-order valence-electron chi connectivity index (χ1n) is 7.50. The van der Waals surface area contributed by atoms with Crippen molar-refractivity contribution in [3.63, 3.8) is 0 Å². The van der Waals surface area contributed by atoms with Crippen LogP contribution in [-0.2, 0) is 16.1 Å². The lowest BCUT2D eigenvalue weighted by molar-refractivity contribution is -0.149. The molecular weight excluding hydrogens is 322 g/mol. The van der Waals surface area contributed by atoms with E-state index in [1.807, 2.05) is 19.1 Å². The average Bonchev–Trinajstić information content (AvgIpc) is 2.94. The Kier molecular flexibility index (Phi) is 6.51. The van der Waals surface area contributed by atoms with E-state index < -0.39 is 0 Å². The molecule has 1 N–H and O–H groups in total. The average molecular weight is 344 g/mol. The van der Waals surface area contributed by atoms with Crippen LogP contribution < -0.4 is 5.32 Å². The minimum atomic E-state index is -0.0710. The number of nitrogens with zero attached hydrogens (tertiary/aromatic N) is 2. The lowest BCUT2D eigenvalue weighted by Crippen LogP contribution is -2.46. The fourth-order valence-electron chi connectivity index (χ4n) is 2.53. The molecule has 0 amide bonds. The van der Waals surface area contributed by atoms with Crippen LogP contribution in [0, 0.1) is 5.92 Å². The maximum atomic E-state index is 11.8. The molecule has 22 heavy (non-hydrogen) atoms. The van der Waals surface area contributed by atoms with Crippen molar-refractivity contribution < 1.29 is 9.53 Å². The largest absolute Gasteiger partial charge is 0.466 e. The van der Waals surface area contributed by atoms with Crippen LogP contribution in [0.15, 0.2) is 17.1 Å². The number of piperidine rings is 1. The van der Waals surface area contributed by atoms with Gasteiger partial charge in [0, 0.05) is 25.0 Å². The third kappa shape index (κ3) is 4.61. The van der Waals surface area contributed by atoms with Gasteiger partial charge in [0.15, 0.2) is 5.96 Å². The van der Waals surface area contributed by atoms with E-state index in [2.05, 4.69) is 15.2 Å². The van der Waals surface area contributed by atoms with Crippen LogP contribution in [0.3, 0.4) is 0 Å². The molecule has 0 atom stereocenters. The Balaban J connectivity index is 1.82. The van der Waals surface area contributed by atoms with Crippen molar-refractivity contribution in [1.82, 2.24) is 10.2 Å². The van der Waals surface area contributed by atoms with Crippen LogP contribution >= 0.6 is 22.9 Å². The van der Waals surface area contributed by atoms with E-state index in [1.165, 1.54) is 4.88 Å². The number of hydrogen-bond acceptors (Lipinski definition) is 4. The molecule has 2 heterocycles. The van der Waals surface area contributed by atoms with Crippen LogP contribution in [0.1, 0.15) is 24.6 Å². The van der Waals surface area contributed by atoms with Crippen LogP contribution in [-0.4, -0.2) is 43.6 Å². The predicted octanol–water partition coefficient (Wildman–Crippen LogP) is 2.75. The van der Waals surface area contributed by atoms with E-state index >= 15 is 0 Å². The first kappa shape index (κ1) is 17.1. The van der Waals surface area contributed by atoms with Crippen LogP contribution in [0.25, 0.3) is 0 Å². The molecular formula is C15H22ClN3O2S. The first-order chi connectivity index (χ1) is 10.6. The molecule has 0 spiro atoms. The molecule has 5 nitrogen and oxygen atoms in total. The number of ether oxygens (including phenoxy) is 1. The Morgan fingerprint density at radius 3 is 2.77 bits per heavy atom. The topological polar surface area (TPSA) is 53.9 Å². The van der Waals surface area contributed by atoms with E-state index in [0.717, 1.165) is 36.2 Å². The van der Waals surface area contributed by atoms with Crippen molar-refractivity contribution in [2.45, 2.75) is 26.3 Å². The van der Waals surface area contributed by atoms with Gasteiger partial charge >= 0.3 is 5.97 Å². The summed E-state index contributed by atoms with van der Waals surface area (Å²) in [6.07, 6.45) is 1.62. The van der Waals surface area contributed by atoms with Gasteiger partial charge in [-0.1, -0.05) is 11.6 Å². The molecule has 1 aliphatic rings. The van der Waals surface area contributed by atoms with Gasteiger partial charge in [0.1, 0.15) is 0 Å². The van der Waals surface area contributed by atoms with Gasteiger partial charge in [-0.05, 0) is 31.9 Å². The number of carbonyl (C=O) groups excluding carboxylic acids is 1. The normalized spacial score (nSPS) is 16.7. The molecule has 0 unspecified atom stereocenters. The second-order valence-corrected chi connectivity index (χ2v) is 6.92. The standard InChI is InChI=1S/C15H22ClN3O2S/c1-3-21-14(20)11-6-8-19(9-7-11)15(17-2)18-10-12-4-5-13(16)22-12/h4-5,11H,3,6-10H2,1-2H3,(H,17,18). The van der Waals surface area contributed by atoms with Crippen molar-refractivity contribution in [3.8, 4) is 0 Å². The number of rotatable bonds is 4. The number of halogens is 1. The summed E-state index contributed by atoms with van der Waals surface area (Å²) in [5, 5.41) is 3.35. The summed E-state index contributed by atoms with van der Waals surface area (Å²) in [5.74, 6) is 0.815. The Labute approximate surface area is 140 Å². The highest BCUT2D eigenvalue weighted by atomic mass is 35.5. The highest BCUT2D eigenvalue weighted by Gasteiger charge is 2.27. The molecule has 0 aromatic carbocycles. The zero-order chi connectivity index (χ0) is 15.9. The number of nitrogens with one attached hydrogen (secondary N) is 1. The fourth-order valence-corrected chi connectivity index (χ4v) is 3.56. The van der Waals surface area contributed by atoms with Crippen molar-refractivity contribution in [1.29, 1.82) is 0 Å². The fraction of sp³-hybridized carbons (Fsp3) is 0.600. The van der Waals surface area contributed by atoms with Gasteiger partial charge in [0.05, 0.1) is 23.4 Å². The SMILES string of the molecule is CCOC(=O)C1CCN(C(=NC)NCc2ccc(Cl)s2)CC1. The third-order valence-corrected chi connectivity index (χ3v) is 4.91. The number of esters is 1. The molecule has 1 fully saturated rings.